The molecule has 0 radical (unpaired) electrons. The lowest BCUT2D eigenvalue weighted by molar-refractivity contribution is -0.164. The van der Waals surface area contributed by atoms with Crippen molar-refractivity contribution in [3.05, 3.63) is 120 Å². The van der Waals surface area contributed by atoms with E-state index in [1.54, 1.807) is 0 Å². The molecule has 0 aromatic heterocycles. The molecular weight excluding hydrogens is 682 g/mol. The zero-order valence-electron chi connectivity index (χ0n) is 25.4. The highest BCUT2D eigenvalue weighted by molar-refractivity contribution is 5.90. The maximum Gasteiger partial charge on any atom is 0.420 e. The van der Waals surface area contributed by atoms with Crippen LogP contribution in [0.15, 0.2) is 98.1 Å². The summed E-state index contributed by atoms with van der Waals surface area (Å²) in [6.45, 7) is 5.59. The lowest BCUT2D eigenvalue weighted by atomic mass is 10.0. The lowest BCUT2D eigenvalue weighted by Gasteiger charge is -2.21. The first-order valence-corrected chi connectivity index (χ1v) is 13.8. The Morgan fingerprint density at radius 1 is 0.540 bits per heavy atom. The van der Waals surface area contributed by atoms with Crippen LogP contribution < -0.4 is 18.9 Å². The topological polar surface area (TPSA) is 124 Å². The summed E-state index contributed by atoms with van der Waals surface area (Å²) >= 11 is 0. The van der Waals surface area contributed by atoms with Crippen LogP contribution in [0.4, 0.5) is 26.3 Å². The Morgan fingerprint density at radius 3 is 1.18 bits per heavy atom. The Kier molecular flexibility index (Phi) is 13.1. The highest BCUT2D eigenvalue weighted by atomic mass is 19.4. The number of halogens is 6. The molecule has 0 saturated heterocycles. The summed E-state index contributed by atoms with van der Waals surface area (Å²) in [5, 5.41) is 0. The first kappa shape index (κ1) is 38.1. The Labute approximate surface area is 279 Å². The van der Waals surface area contributed by atoms with E-state index in [2.05, 4.69) is 32.1 Å². The molecule has 0 unspecified atom stereocenters. The molecule has 16 heteroatoms. The minimum atomic E-state index is -5.72. The predicted octanol–water partition coefficient (Wildman–Crippen LogP) is 7.09. The molecule has 0 aliphatic rings. The third-order valence-corrected chi connectivity index (χ3v) is 5.89. The SMILES string of the molecule is C=CC(=O)OCOc1ccc(/C=C/C(=O)Oc2ccc(OC(=O)/C=C/c3ccc(OCOC(=O)C=C)cc3)c(C(F)(F)F)c2C(F)(F)F)cc1. The van der Waals surface area contributed by atoms with Gasteiger partial charge in [-0.15, -0.1) is 0 Å². The van der Waals surface area contributed by atoms with Gasteiger partial charge in [0.1, 0.15) is 34.1 Å². The Bertz CT molecular complexity index is 1640. The lowest BCUT2D eigenvalue weighted by Crippen LogP contribution is -2.21. The molecule has 0 bridgehead atoms. The third-order valence-electron chi connectivity index (χ3n) is 5.89. The fourth-order valence-corrected chi connectivity index (χ4v) is 3.69. The van der Waals surface area contributed by atoms with Crippen molar-refractivity contribution in [3.63, 3.8) is 0 Å². The van der Waals surface area contributed by atoms with E-state index < -0.39 is 72.4 Å². The van der Waals surface area contributed by atoms with Crippen molar-refractivity contribution in [1.82, 2.24) is 0 Å². The molecule has 0 heterocycles. The van der Waals surface area contributed by atoms with E-state index in [-0.39, 0.29) is 11.5 Å². The van der Waals surface area contributed by atoms with Crippen molar-refractivity contribution in [1.29, 1.82) is 0 Å². The van der Waals surface area contributed by atoms with Gasteiger partial charge in [0.05, 0.1) is 0 Å². The van der Waals surface area contributed by atoms with Crippen molar-refractivity contribution in [2.45, 2.75) is 12.4 Å². The van der Waals surface area contributed by atoms with Crippen LogP contribution in [-0.2, 0) is 41.0 Å². The monoisotopic (exact) mass is 706 g/mol. The maximum absolute atomic E-state index is 14.0. The second kappa shape index (κ2) is 17.2. The minimum absolute atomic E-state index is 0.249. The first-order valence-electron chi connectivity index (χ1n) is 13.8. The van der Waals surface area contributed by atoms with E-state index in [0.717, 1.165) is 24.3 Å². The molecule has 262 valence electrons. The van der Waals surface area contributed by atoms with Crippen LogP contribution in [0.1, 0.15) is 22.3 Å². The molecule has 0 fully saturated rings. The fraction of sp³-hybridized carbons (Fsp3) is 0.118. The minimum Gasteiger partial charge on any atom is -0.457 e. The second-order valence-corrected chi connectivity index (χ2v) is 9.31. The average molecular weight is 707 g/mol. The zero-order chi connectivity index (χ0) is 36.9. The molecule has 50 heavy (non-hydrogen) atoms. The summed E-state index contributed by atoms with van der Waals surface area (Å²) in [4.78, 5) is 46.8. The smallest absolute Gasteiger partial charge is 0.420 e. The Morgan fingerprint density at radius 2 is 0.880 bits per heavy atom. The van der Waals surface area contributed by atoms with Gasteiger partial charge in [-0.1, -0.05) is 37.4 Å². The predicted molar refractivity (Wildman–Crippen MR) is 162 cm³/mol. The Balaban J connectivity index is 1.75. The van der Waals surface area contributed by atoms with E-state index in [1.807, 2.05) is 0 Å². The van der Waals surface area contributed by atoms with Gasteiger partial charge in [0.2, 0.25) is 13.6 Å². The van der Waals surface area contributed by atoms with Gasteiger partial charge in [0.15, 0.2) is 0 Å². The number of benzene rings is 3. The van der Waals surface area contributed by atoms with Crippen molar-refractivity contribution in [2.75, 3.05) is 13.6 Å². The molecule has 3 aromatic rings. The summed E-state index contributed by atoms with van der Waals surface area (Å²) in [6.07, 6.45) is -6.03. The molecular formula is C34H24F6O10. The van der Waals surface area contributed by atoms with Gasteiger partial charge < -0.3 is 28.4 Å². The summed E-state index contributed by atoms with van der Waals surface area (Å²) in [5.41, 5.74) is -4.16. The zero-order valence-corrected chi connectivity index (χ0v) is 25.4. The molecule has 0 N–H and O–H groups in total. The van der Waals surface area contributed by atoms with Gasteiger partial charge >= 0.3 is 36.2 Å². The molecule has 3 aromatic carbocycles. The largest absolute Gasteiger partial charge is 0.457 e. The van der Waals surface area contributed by atoms with Crippen molar-refractivity contribution < 1.29 is 73.9 Å². The van der Waals surface area contributed by atoms with Crippen LogP contribution in [0.3, 0.4) is 0 Å². The summed E-state index contributed by atoms with van der Waals surface area (Å²) < 4.78 is 113. The van der Waals surface area contributed by atoms with E-state index >= 15 is 0 Å². The molecule has 3 rings (SSSR count). The number of ether oxygens (including phenoxy) is 6. The van der Waals surface area contributed by atoms with Gasteiger partial charge in [-0.3, -0.25) is 0 Å². The van der Waals surface area contributed by atoms with E-state index in [9.17, 15) is 45.5 Å². The summed E-state index contributed by atoms with van der Waals surface area (Å²) in [5.74, 6) is -6.84. The number of alkyl halides is 6. The van der Waals surface area contributed by atoms with E-state index in [0.29, 0.717) is 35.4 Å². The fourth-order valence-electron chi connectivity index (χ4n) is 3.69. The second-order valence-electron chi connectivity index (χ2n) is 9.31. The van der Waals surface area contributed by atoms with Crippen molar-refractivity contribution in [3.8, 4) is 23.0 Å². The molecule has 0 aliphatic heterocycles. The molecule has 10 nitrogen and oxygen atoms in total. The number of esters is 4. The number of hydrogen-bond donors (Lipinski definition) is 0. The van der Waals surface area contributed by atoms with Gasteiger partial charge in [-0.05, 0) is 59.7 Å². The highest BCUT2D eigenvalue weighted by Gasteiger charge is 2.48. The number of carbonyl (C=O) groups excluding carboxylic acids is 4. The molecule has 0 aliphatic carbocycles. The standard InChI is InChI=1S/C34H24F6O10/c1-3-27(41)47-19-45-23-11-5-21(6-12-23)9-17-29(43)49-25-15-16-26(32(34(38,39)40)31(25)33(35,36)37)50-30(44)18-10-22-7-13-24(14-8-22)46-20-48-28(42)4-2/h3-18H,1-2,19-20H2/b17-9+,18-10+. The molecule has 0 amide bonds. The highest BCUT2D eigenvalue weighted by Crippen LogP contribution is 2.49. The molecule has 0 saturated carbocycles. The van der Waals surface area contributed by atoms with Crippen LogP contribution in [-0.4, -0.2) is 37.5 Å². The van der Waals surface area contributed by atoms with Crippen LogP contribution in [0.25, 0.3) is 12.2 Å². The van der Waals surface area contributed by atoms with Crippen LogP contribution in [0, 0.1) is 0 Å². The molecule has 0 spiro atoms. The quantitative estimate of drug-likeness (QED) is 0.0564. The van der Waals surface area contributed by atoms with Crippen LogP contribution in [0.5, 0.6) is 23.0 Å². The van der Waals surface area contributed by atoms with Crippen molar-refractivity contribution >= 4 is 36.0 Å². The Hall–Kier alpha value is -6.32. The van der Waals surface area contributed by atoms with Crippen LogP contribution in [0.2, 0.25) is 0 Å². The van der Waals surface area contributed by atoms with Gasteiger partial charge in [0.25, 0.3) is 0 Å². The first-order chi connectivity index (χ1) is 23.6. The summed E-state index contributed by atoms with van der Waals surface area (Å²) in [7, 11) is 0. The van der Waals surface area contributed by atoms with Gasteiger partial charge in [-0.25, -0.2) is 19.2 Å². The van der Waals surface area contributed by atoms with Crippen molar-refractivity contribution in [2.24, 2.45) is 0 Å². The van der Waals surface area contributed by atoms with Gasteiger partial charge in [-0.2, -0.15) is 26.3 Å². The maximum atomic E-state index is 14.0. The van der Waals surface area contributed by atoms with E-state index in [4.69, 9.17) is 9.47 Å². The third kappa shape index (κ3) is 11.7. The average Bonchev–Trinajstić information content (AvgIpc) is 3.06. The normalized spacial score (nSPS) is 11.5. The molecule has 0 atom stereocenters. The van der Waals surface area contributed by atoms with Gasteiger partial charge in [0, 0.05) is 24.3 Å². The number of carbonyl (C=O) groups is 4. The van der Waals surface area contributed by atoms with Crippen LogP contribution >= 0.6 is 0 Å². The number of rotatable bonds is 14. The number of hydrogen-bond acceptors (Lipinski definition) is 10. The van der Waals surface area contributed by atoms with E-state index in [1.165, 1.54) is 48.5 Å². The summed E-state index contributed by atoms with van der Waals surface area (Å²) in [6, 6.07) is 12.1.